The molecular formula is C23H29ClN2O4S. The van der Waals surface area contributed by atoms with Gasteiger partial charge in [0.15, 0.2) is 9.84 Å². The smallest absolute Gasteiger partial charge is 0.408 e. The molecule has 1 aliphatic carbocycles. The highest BCUT2D eigenvalue weighted by Crippen LogP contribution is 2.57. The zero-order chi connectivity index (χ0) is 23.0. The SMILES string of the molecule is CCc1ccc([C@H]2[C@H](S(=O)(=O)c3ccc(Cl)cc3)[C@@]2(CN)NC(=O)OC(C)(C)C)cc1. The van der Waals surface area contributed by atoms with Crippen LogP contribution in [-0.2, 0) is 21.0 Å². The van der Waals surface area contributed by atoms with Crippen molar-refractivity contribution in [3.63, 3.8) is 0 Å². The summed E-state index contributed by atoms with van der Waals surface area (Å²) in [7, 11) is -3.81. The average molecular weight is 465 g/mol. The molecule has 168 valence electrons. The van der Waals surface area contributed by atoms with E-state index in [1.54, 1.807) is 20.8 Å². The number of carbonyl (C=O) groups is 1. The summed E-state index contributed by atoms with van der Waals surface area (Å²) in [5, 5.41) is 2.31. The Morgan fingerprint density at radius 2 is 1.71 bits per heavy atom. The highest BCUT2D eigenvalue weighted by molar-refractivity contribution is 7.92. The maximum Gasteiger partial charge on any atom is 0.408 e. The highest BCUT2D eigenvalue weighted by Gasteiger charge is 2.71. The Morgan fingerprint density at radius 1 is 1.13 bits per heavy atom. The van der Waals surface area contributed by atoms with Crippen LogP contribution in [0.3, 0.4) is 0 Å². The van der Waals surface area contributed by atoms with Crippen molar-refractivity contribution in [3.8, 4) is 0 Å². The molecule has 1 saturated carbocycles. The molecule has 1 amide bonds. The van der Waals surface area contributed by atoms with Crippen LogP contribution in [0.4, 0.5) is 4.79 Å². The van der Waals surface area contributed by atoms with Crippen molar-refractivity contribution >= 4 is 27.5 Å². The number of sulfone groups is 1. The van der Waals surface area contributed by atoms with Gasteiger partial charge in [0.2, 0.25) is 0 Å². The third kappa shape index (κ3) is 4.73. The molecule has 3 N–H and O–H groups in total. The number of alkyl carbamates (subject to hydrolysis) is 1. The zero-order valence-electron chi connectivity index (χ0n) is 18.2. The number of nitrogens with two attached hydrogens (primary N) is 1. The van der Waals surface area contributed by atoms with Crippen LogP contribution < -0.4 is 11.1 Å². The number of nitrogens with one attached hydrogen (secondary N) is 1. The lowest BCUT2D eigenvalue weighted by atomic mass is 10.0. The number of hydrogen-bond donors (Lipinski definition) is 2. The second kappa shape index (κ2) is 8.45. The van der Waals surface area contributed by atoms with Crippen LogP contribution in [-0.4, -0.2) is 37.4 Å². The summed E-state index contributed by atoms with van der Waals surface area (Å²) < 4.78 is 32.5. The maximum absolute atomic E-state index is 13.6. The monoisotopic (exact) mass is 464 g/mol. The fourth-order valence-electron chi connectivity index (χ4n) is 4.00. The van der Waals surface area contributed by atoms with Crippen LogP contribution in [0.2, 0.25) is 5.02 Å². The van der Waals surface area contributed by atoms with Crippen LogP contribution in [0.5, 0.6) is 0 Å². The molecule has 0 bridgehead atoms. The second-order valence-corrected chi connectivity index (χ2v) is 11.4. The van der Waals surface area contributed by atoms with Gasteiger partial charge in [-0.2, -0.15) is 0 Å². The molecule has 0 spiro atoms. The molecule has 3 atom stereocenters. The predicted molar refractivity (Wildman–Crippen MR) is 122 cm³/mol. The number of carbonyl (C=O) groups excluding carboxylic acids is 1. The maximum atomic E-state index is 13.6. The summed E-state index contributed by atoms with van der Waals surface area (Å²) in [6.45, 7) is 7.24. The molecule has 3 rings (SSSR count). The number of amides is 1. The van der Waals surface area contributed by atoms with E-state index in [9.17, 15) is 13.2 Å². The van der Waals surface area contributed by atoms with Gasteiger partial charge in [0.1, 0.15) is 10.9 Å². The number of benzene rings is 2. The van der Waals surface area contributed by atoms with E-state index in [2.05, 4.69) is 5.32 Å². The van der Waals surface area contributed by atoms with Gasteiger partial charge in [-0.3, -0.25) is 0 Å². The van der Waals surface area contributed by atoms with Gasteiger partial charge in [-0.25, -0.2) is 13.2 Å². The van der Waals surface area contributed by atoms with Crippen LogP contribution in [0.25, 0.3) is 0 Å². The summed E-state index contributed by atoms with van der Waals surface area (Å²) in [5.41, 5.74) is 6.15. The first-order valence-corrected chi connectivity index (χ1v) is 12.2. The fraction of sp³-hybridized carbons (Fsp3) is 0.435. The molecule has 0 heterocycles. The summed E-state index contributed by atoms with van der Waals surface area (Å²) in [6, 6.07) is 13.8. The Bertz CT molecular complexity index is 1050. The Labute approximate surface area is 189 Å². The number of ether oxygens (including phenoxy) is 1. The summed E-state index contributed by atoms with van der Waals surface area (Å²) in [5.74, 6) is -0.503. The minimum atomic E-state index is -3.81. The lowest BCUT2D eigenvalue weighted by Gasteiger charge is -2.24. The molecule has 8 heteroatoms. The van der Waals surface area contributed by atoms with Crippen molar-refractivity contribution in [2.45, 2.75) is 61.3 Å². The molecule has 0 aromatic heterocycles. The quantitative estimate of drug-likeness (QED) is 0.671. The van der Waals surface area contributed by atoms with Crippen LogP contribution in [0.1, 0.15) is 44.7 Å². The van der Waals surface area contributed by atoms with Gasteiger partial charge in [0.05, 0.1) is 10.4 Å². The number of rotatable bonds is 6. The lowest BCUT2D eigenvalue weighted by molar-refractivity contribution is 0.0497. The Morgan fingerprint density at radius 3 is 2.19 bits per heavy atom. The van der Waals surface area contributed by atoms with Gasteiger partial charge in [-0.1, -0.05) is 42.8 Å². The van der Waals surface area contributed by atoms with Crippen molar-refractivity contribution in [1.29, 1.82) is 0 Å². The largest absolute Gasteiger partial charge is 0.444 e. The summed E-state index contributed by atoms with van der Waals surface area (Å²) in [4.78, 5) is 12.7. The molecule has 0 aliphatic heterocycles. The summed E-state index contributed by atoms with van der Waals surface area (Å²) >= 11 is 5.94. The van der Waals surface area contributed by atoms with Crippen molar-refractivity contribution in [2.75, 3.05) is 6.54 Å². The number of aryl methyl sites for hydroxylation is 1. The zero-order valence-corrected chi connectivity index (χ0v) is 19.8. The fourth-order valence-corrected chi connectivity index (χ4v) is 6.47. The van der Waals surface area contributed by atoms with E-state index in [1.807, 2.05) is 31.2 Å². The van der Waals surface area contributed by atoms with Crippen molar-refractivity contribution in [1.82, 2.24) is 5.32 Å². The average Bonchev–Trinajstić information content (AvgIpc) is 3.36. The van der Waals surface area contributed by atoms with E-state index in [1.165, 1.54) is 24.3 Å². The normalized spacial score (nSPS) is 23.3. The Hall–Kier alpha value is -2.09. The standard InChI is InChI=1S/C23H29ClN2O4S/c1-5-15-6-8-16(9-7-15)19-20(31(28,29)18-12-10-17(24)11-13-18)23(19,14-25)26-21(27)30-22(2,3)4/h6-13,19-20H,5,14,25H2,1-4H3,(H,26,27)/t19-,20-,23-/m0/s1. The molecule has 2 aromatic rings. The van der Waals surface area contributed by atoms with Crippen molar-refractivity contribution < 1.29 is 17.9 Å². The molecule has 31 heavy (non-hydrogen) atoms. The third-order valence-electron chi connectivity index (χ3n) is 5.55. The lowest BCUT2D eigenvalue weighted by Crippen LogP contribution is -2.49. The van der Waals surface area contributed by atoms with E-state index >= 15 is 0 Å². The van der Waals surface area contributed by atoms with Gasteiger partial charge in [0, 0.05) is 17.5 Å². The Kier molecular flexibility index (Phi) is 6.42. The molecule has 1 aliphatic rings. The molecule has 6 nitrogen and oxygen atoms in total. The van der Waals surface area contributed by atoms with Gasteiger partial charge in [0.25, 0.3) is 0 Å². The van der Waals surface area contributed by atoms with Gasteiger partial charge >= 0.3 is 6.09 Å². The molecule has 0 saturated heterocycles. The van der Waals surface area contributed by atoms with Crippen LogP contribution in [0.15, 0.2) is 53.4 Å². The van der Waals surface area contributed by atoms with E-state index in [4.69, 9.17) is 22.1 Å². The number of hydrogen-bond acceptors (Lipinski definition) is 5. The van der Waals surface area contributed by atoms with E-state index in [-0.39, 0.29) is 11.4 Å². The summed E-state index contributed by atoms with van der Waals surface area (Å²) in [6.07, 6.45) is 0.178. The number of halogens is 1. The molecule has 2 aromatic carbocycles. The first-order chi connectivity index (χ1) is 14.4. The van der Waals surface area contributed by atoms with Crippen molar-refractivity contribution in [2.24, 2.45) is 5.73 Å². The highest BCUT2D eigenvalue weighted by atomic mass is 35.5. The van der Waals surface area contributed by atoms with E-state index in [0.29, 0.717) is 5.02 Å². The molecular weight excluding hydrogens is 436 g/mol. The van der Waals surface area contributed by atoms with Gasteiger partial charge < -0.3 is 15.8 Å². The van der Waals surface area contributed by atoms with E-state index < -0.39 is 38.2 Å². The third-order valence-corrected chi connectivity index (χ3v) is 8.09. The van der Waals surface area contributed by atoms with Gasteiger partial charge in [-0.15, -0.1) is 0 Å². The van der Waals surface area contributed by atoms with Gasteiger partial charge in [-0.05, 0) is 62.6 Å². The molecule has 1 fully saturated rings. The van der Waals surface area contributed by atoms with Crippen molar-refractivity contribution in [3.05, 3.63) is 64.7 Å². The molecule has 0 unspecified atom stereocenters. The Balaban J connectivity index is 2.03. The minimum absolute atomic E-state index is 0.0517. The minimum Gasteiger partial charge on any atom is -0.444 e. The predicted octanol–water partition coefficient (Wildman–Crippen LogP) is 4.06. The van der Waals surface area contributed by atoms with E-state index in [0.717, 1.165) is 17.5 Å². The first-order valence-electron chi connectivity index (χ1n) is 10.2. The first kappa shape index (κ1) is 23.6. The van der Waals surface area contributed by atoms with Crippen LogP contribution in [0, 0.1) is 0 Å². The topological polar surface area (TPSA) is 98.5 Å². The molecule has 0 radical (unpaired) electrons. The van der Waals surface area contributed by atoms with Crippen LogP contribution >= 0.6 is 11.6 Å². The second-order valence-electron chi connectivity index (χ2n) is 8.86.